The van der Waals surface area contributed by atoms with Gasteiger partial charge in [-0.3, -0.25) is 9.59 Å². The molecule has 0 bridgehead atoms. The molecular formula is C22H26N2O3. The summed E-state index contributed by atoms with van der Waals surface area (Å²) in [5, 5.41) is 0. The van der Waals surface area contributed by atoms with Crippen molar-refractivity contribution in [2.24, 2.45) is 16.7 Å². The molecule has 0 spiro atoms. The molecule has 0 radical (unpaired) electrons. The van der Waals surface area contributed by atoms with Crippen LogP contribution < -0.4 is 5.56 Å². The highest BCUT2D eigenvalue weighted by molar-refractivity contribution is 5.94. The number of amides is 1. The number of H-pyrrole nitrogens is 1. The number of aromatic amines is 1. The van der Waals surface area contributed by atoms with Crippen molar-refractivity contribution in [3.8, 4) is 11.3 Å². The Morgan fingerprint density at radius 1 is 1.22 bits per heavy atom. The van der Waals surface area contributed by atoms with E-state index in [0.29, 0.717) is 25.6 Å². The van der Waals surface area contributed by atoms with Crippen molar-refractivity contribution < 1.29 is 9.53 Å². The predicted octanol–water partition coefficient (Wildman–Crippen LogP) is 3.18. The van der Waals surface area contributed by atoms with Crippen LogP contribution in [0.4, 0.5) is 0 Å². The molecule has 27 heavy (non-hydrogen) atoms. The first-order valence-corrected chi connectivity index (χ1v) is 9.43. The SMILES string of the molecule is COC[C@@]12CN(C(=O)c3ccc(-c4ccccc4)[nH]c3=O)C[C@@H]1C(C)(C)C2. The first kappa shape index (κ1) is 18.0. The van der Waals surface area contributed by atoms with E-state index >= 15 is 0 Å². The Morgan fingerprint density at radius 3 is 2.59 bits per heavy atom. The number of aromatic nitrogens is 1. The zero-order valence-corrected chi connectivity index (χ0v) is 16.1. The van der Waals surface area contributed by atoms with E-state index in [1.54, 1.807) is 13.2 Å². The van der Waals surface area contributed by atoms with Crippen LogP contribution in [0.15, 0.2) is 47.3 Å². The van der Waals surface area contributed by atoms with Crippen LogP contribution >= 0.6 is 0 Å². The van der Waals surface area contributed by atoms with Gasteiger partial charge in [0.2, 0.25) is 0 Å². The number of benzene rings is 1. The van der Waals surface area contributed by atoms with Crippen molar-refractivity contribution in [3.05, 3.63) is 58.4 Å². The van der Waals surface area contributed by atoms with Crippen LogP contribution in [0.25, 0.3) is 11.3 Å². The highest BCUT2D eigenvalue weighted by Gasteiger charge is 2.63. The molecule has 1 aliphatic heterocycles. The number of hydrogen-bond donors (Lipinski definition) is 1. The number of pyridine rings is 1. The topological polar surface area (TPSA) is 62.4 Å². The molecule has 2 atom stereocenters. The van der Waals surface area contributed by atoms with Crippen molar-refractivity contribution in [2.45, 2.75) is 20.3 Å². The minimum atomic E-state index is -0.333. The number of ether oxygens (including phenoxy) is 1. The standard InChI is InChI=1S/C22H26N2O3/c1-21(2)12-22(14-27-3)13-24(11-18(21)22)20(26)16-9-10-17(23-19(16)25)15-7-5-4-6-8-15/h4-10,18H,11-14H2,1-3H3,(H,23,25)/t18-,22-/m1/s1. The zero-order chi connectivity index (χ0) is 19.2. The van der Waals surface area contributed by atoms with Crippen LogP contribution in [0.1, 0.15) is 30.6 Å². The van der Waals surface area contributed by atoms with Gasteiger partial charge in [0.05, 0.1) is 6.61 Å². The largest absolute Gasteiger partial charge is 0.384 e. The van der Waals surface area contributed by atoms with Gasteiger partial charge in [-0.25, -0.2) is 0 Å². The van der Waals surface area contributed by atoms with Gasteiger partial charge in [-0.15, -0.1) is 0 Å². The Balaban J connectivity index is 1.58. The van der Waals surface area contributed by atoms with Crippen LogP contribution in [0.5, 0.6) is 0 Å². The number of hydrogen-bond acceptors (Lipinski definition) is 3. The lowest BCUT2D eigenvalue weighted by molar-refractivity contribution is -0.107. The minimum absolute atomic E-state index is 0.0324. The maximum atomic E-state index is 13.1. The summed E-state index contributed by atoms with van der Waals surface area (Å²) in [5.74, 6) is 0.230. The predicted molar refractivity (Wildman–Crippen MR) is 105 cm³/mol. The molecule has 1 saturated carbocycles. The third kappa shape index (κ3) is 2.90. The number of carbonyl (C=O) groups is 1. The van der Waals surface area contributed by atoms with Gasteiger partial charge in [0.25, 0.3) is 11.5 Å². The molecule has 2 heterocycles. The van der Waals surface area contributed by atoms with E-state index in [1.165, 1.54) is 0 Å². The Bertz CT molecular complexity index is 919. The van der Waals surface area contributed by atoms with Gasteiger partial charge in [0.1, 0.15) is 5.56 Å². The average Bonchev–Trinajstić information content (AvgIpc) is 2.97. The van der Waals surface area contributed by atoms with Crippen molar-refractivity contribution >= 4 is 5.91 Å². The van der Waals surface area contributed by atoms with Gasteiger partial charge in [-0.05, 0) is 35.4 Å². The number of nitrogens with one attached hydrogen (secondary N) is 1. The summed E-state index contributed by atoms with van der Waals surface area (Å²) in [4.78, 5) is 30.3. The van der Waals surface area contributed by atoms with Crippen molar-refractivity contribution in [1.29, 1.82) is 0 Å². The summed E-state index contributed by atoms with van der Waals surface area (Å²) in [7, 11) is 1.72. The lowest BCUT2D eigenvalue weighted by atomic mass is 9.48. The highest BCUT2D eigenvalue weighted by atomic mass is 16.5. The van der Waals surface area contributed by atoms with Crippen LogP contribution in [0.2, 0.25) is 0 Å². The molecule has 4 rings (SSSR count). The van der Waals surface area contributed by atoms with Crippen LogP contribution in [0.3, 0.4) is 0 Å². The molecule has 0 unspecified atom stereocenters. The average molecular weight is 366 g/mol. The van der Waals surface area contributed by atoms with E-state index in [0.717, 1.165) is 17.7 Å². The van der Waals surface area contributed by atoms with E-state index < -0.39 is 0 Å². The second-order valence-electron chi connectivity index (χ2n) is 8.68. The van der Waals surface area contributed by atoms with E-state index in [2.05, 4.69) is 18.8 Å². The van der Waals surface area contributed by atoms with Gasteiger partial charge < -0.3 is 14.6 Å². The molecule has 2 aromatic rings. The second kappa shape index (κ2) is 6.34. The van der Waals surface area contributed by atoms with E-state index in [1.807, 2.05) is 41.3 Å². The summed E-state index contributed by atoms with van der Waals surface area (Å²) in [6.45, 7) is 6.51. The van der Waals surface area contributed by atoms with Crippen LogP contribution in [-0.2, 0) is 4.74 Å². The van der Waals surface area contributed by atoms with Gasteiger partial charge in [-0.2, -0.15) is 0 Å². The van der Waals surface area contributed by atoms with E-state index in [4.69, 9.17) is 4.74 Å². The molecule has 2 fully saturated rings. The summed E-state index contributed by atoms with van der Waals surface area (Å²) < 4.78 is 5.46. The third-order valence-corrected chi connectivity index (χ3v) is 6.34. The van der Waals surface area contributed by atoms with Crippen molar-refractivity contribution in [3.63, 3.8) is 0 Å². The Kier molecular flexibility index (Phi) is 4.22. The van der Waals surface area contributed by atoms with Crippen LogP contribution in [-0.4, -0.2) is 42.6 Å². The fourth-order valence-electron chi connectivity index (χ4n) is 5.36. The molecule has 1 amide bonds. The van der Waals surface area contributed by atoms with Crippen LogP contribution in [0, 0.1) is 16.7 Å². The normalized spacial score (nSPS) is 25.7. The number of rotatable bonds is 4. The van der Waals surface area contributed by atoms with E-state index in [9.17, 15) is 9.59 Å². The number of carbonyl (C=O) groups excluding carboxylic acids is 1. The first-order valence-electron chi connectivity index (χ1n) is 9.43. The molecule has 5 heteroatoms. The maximum Gasteiger partial charge on any atom is 0.261 e. The molecule has 5 nitrogen and oxygen atoms in total. The molecular weight excluding hydrogens is 340 g/mol. The van der Waals surface area contributed by atoms with Gasteiger partial charge in [-0.1, -0.05) is 44.2 Å². The fourth-order valence-corrected chi connectivity index (χ4v) is 5.36. The molecule has 1 aromatic carbocycles. The third-order valence-electron chi connectivity index (χ3n) is 6.34. The smallest absolute Gasteiger partial charge is 0.261 e. The van der Waals surface area contributed by atoms with Gasteiger partial charge in [0.15, 0.2) is 0 Å². The Hall–Kier alpha value is -2.40. The molecule has 142 valence electrons. The Labute approximate surface area is 159 Å². The van der Waals surface area contributed by atoms with Gasteiger partial charge in [0, 0.05) is 31.3 Å². The first-order chi connectivity index (χ1) is 12.9. The van der Waals surface area contributed by atoms with Crippen molar-refractivity contribution in [2.75, 3.05) is 26.8 Å². The van der Waals surface area contributed by atoms with Gasteiger partial charge >= 0.3 is 0 Å². The number of nitrogens with zero attached hydrogens (tertiary/aromatic N) is 1. The quantitative estimate of drug-likeness (QED) is 0.904. The lowest BCUT2D eigenvalue weighted by Crippen LogP contribution is -2.55. The molecule has 1 aliphatic carbocycles. The van der Waals surface area contributed by atoms with E-state index in [-0.39, 0.29) is 27.9 Å². The Morgan fingerprint density at radius 2 is 1.96 bits per heavy atom. The molecule has 1 aromatic heterocycles. The minimum Gasteiger partial charge on any atom is -0.384 e. The highest BCUT2D eigenvalue weighted by Crippen LogP contribution is 2.62. The second-order valence-corrected chi connectivity index (χ2v) is 8.68. The number of methoxy groups -OCH3 is 1. The summed E-state index contributed by atoms with van der Waals surface area (Å²) in [5.41, 5.74) is 1.76. The maximum absolute atomic E-state index is 13.1. The summed E-state index contributed by atoms with van der Waals surface area (Å²) in [6.07, 6.45) is 1.05. The molecule has 2 aliphatic rings. The zero-order valence-electron chi connectivity index (χ0n) is 16.1. The fraction of sp³-hybridized carbons (Fsp3) is 0.455. The molecule has 1 saturated heterocycles. The summed E-state index contributed by atoms with van der Waals surface area (Å²) >= 11 is 0. The molecule has 1 N–H and O–H groups in total. The monoisotopic (exact) mass is 366 g/mol. The number of likely N-dealkylation sites (tertiary alicyclic amines) is 1. The number of fused-ring (bicyclic) bond motifs is 1. The lowest BCUT2D eigenvalue weighted by Gasteiger charge is -2.56. The van der Waals surface area contributed by atoms with Crippen molar-refractivity contribution in [1.82, 2.24) is 9.88 Å². The summed E-state index contributed by atoms with van der Waals surface area (Å²) in [6, 6.07) is 13.1.